The van der Waals surface area contributed by atoms with E-state index < -0.39 is 6.04 Å². The average Bonchev–Trinajstić information content (AvgIpc) is 3.40. The number of esters is 1. The summed E-state index contributed by atoms with van der Waals surface area (Å²) in [4.78, 5) is 13.4. The van der Waals surface area contributed by atoms with Crippen molar-refractivity contribution in [2.24, 2.45) is 17.8 Å². The molecule has 41 heavy (non-hydrogen) atoms. The molecule has 0 radical (unpaired) electrons. The molecule has 1 aliphatic heterocycles. The number of benzene rings is 3. The van der Waals surface area contributed by atoms with Gasteiger partial charge in [-0.2, -0.15) is 0 Å². The van der Waals surface area contributed by atoms with E-state index in [1.807, 2.05) is 31.2 Å². The number of hydrogen-bond donors (Lipinski definition) is 1. The Hall–Kier alpha value is -2.55. The molecular formula is C36H43CrNO3. The van der Waals surface area contributed by atoms with Gasteiger partial charge in [-0.3, -0.25) is 0 Å². The van der Waals surface area contributed by atoms with E-state index >= 15 is 0 Å². The summed E-state index contributed by atoms with van der Waals surface area (Å²) in [5.74, 6) is 0.515. The predicted octanol–water partition coefficient (Wildman–Crippen LogP) is 7.14. The SMILES string of the molecule is CCOC(=O)[C@H]1N[C@@H](c2ccccc2)[C@H]([C](=[Cr])O[C@@H]2C[C@H](C)CC[C@H]2C(C)(C)c2ccccc2)[C@H]1c1ccccc1. The monoisotopic (exact) mass is 589 g/mol. The number of hydrogen-bond acceptors (Lipinski definition) is 4. The Morgan fingerprint density at radius 3 is 2.10 bits per heavy atom. The molecule has 3 aromatic carbocycles. The summed E-state index contributed by atoms with van der Waals surface area (Å²) in [7, 11) is 0. The molecule has 5 rings (SSSR count). The molecule has 4 nitrogen and oxygen atoms in total. The Labute approximate surface area is 253 Å². The van der Waals surface area contributed by atoms with Gasteiger partial charge in [0.1, 0.15) is 0 Å². The van der Waals surface area contributed by atoms with Gasteiger partial charge in [0, 0.05) is 0 Å². The second-order valence-corrected chi connectivity index (χ2v) is 13.0. The third kappa shape index (κ3) is 6.45. The van der Waals surface area contributed by atoms with Crippen molar-refractivity contribution in [3.8, 4) is 0 Å². The van der Waals surface area contributed by atoms with Crippen LogP contribution < -0.4 is 5.32 Å². The third-order valence-corrected chi connectivity index (χ3v) is 9.96. The molecule has 0 amide bonds. The van der Waals surface area contributed by atoms with E-state index in [-0.39, 0.29) is 35.4 Å². The van der Waals surface area contributed by atoms with E-state index in [0.717, 1.165) is 28.5 Å². The van der Waals surface area contributed by atoms with Crippen molar-refractivity contribution in [1.29, 1.82) is 0 Å². The van der Waals surface area contributed by atoms with Gasteiger partial charge in [-0.15, -0.1) is 0 Å². The van der Waals surface area contributed by atoms with Crippen LogP contribution in [0.4, 0.5) is 0 Å². The molecule has 216 valence electrons. The molecule has 2 aliphatic rings. The van der Waals surface area contributed by atoms with Gasteiger partial charge in [-0.1, -0.05) is 0 Å². The van der Waals surface area contributed by atoms with Crippen LogP contribution in [0.15, 0.2) is 91.0 Å². The average molecular weight is 590 g/mol. The van der Waals surface area contributed by atoms with Crippen LogP contribution in [-0.4, -0.2) is 29.3 Å². The number of carbonyl (C=O) groups is 1. The molecule has 1 saturated heterocycles. The van der Waals surface area contributed by atoms with Crippen LogP contribution in [0.2, 0.25) is 0 Å². The topological polar surface area (TPSA) is 47.6 Å². The van der Waals surface area contributed by atoms with Crippen LogP contribution >= 0.6 is 0 Å². The number of carbonyl (C=O) groups excluding carboxylic acids is 1. The van der Waals surface area contributed by atoms with Crippen molar-refractivity contribution in [2.45, 2.75) is 76.5 Å². The first kappa shape index (κ1) is 29.9. The molecule has 1 N–H and O–H groups in total. The first-order valence-corrected chi connectivity index (χ1v) is 15.7. The summed E-state index contributed by atoms with van der Waals surface area (Å²) in [6, 6.07) is 31.1. The molecule has 7 atom stereocenters. The second-order valence-electron chi connectivity index (χ2n) is 12.3. The van der Waals surface area contributed by atoms with E-state index in [0.29, 0.717) is 18.4 Å². The van der Waals surface area contributed by atoms with Crippen LogP contribution in [0.1, 0.15) is 75.6 Å². The third-order valence-electron chi connectivity index (χ3n) is 9.39. The van der Waals surface area contributed by atoms with Gasteiger partial charge >= 0.3 is 254 Å². The summed E-state index contributed by atoms with van der Waals surface area (Å²) >= 11 is 3.39. The van der Waals surface area contributed by atoms with Crippen LogP contribution in [0.3, 0.4) is 0 Å². The second kappa shape index (κ2) is 13.2. The molecule has 0 aromatic heterocycles. The van der Waals surface area contributed by atoms with Crippen molar-refractivity contribution in [3.63, 3.8) is 0 Å². The molecule has 1 heterocycles. The summed E-state index contributed by atoms with van der Waals surface area (Å²) < 4.78 is 13.6. The van der Waals surface area contributed by atoms with Crippen molar-refractivity contribution in [3.05, 3.63) is 108 Å². The minimum atomic E-state index is -0.485. The van der Waals surface area contributed by atoms with Crippen LogP contribution in [0.5, 0.6) is 0 Å². The summed E-state index contributed by atoms with van der Waals surface area (Å²) in [5.41, 5.74) is 3.56. The van der Waals surface area contributed by atoms with E-state index in [2.05, 4.69) is 109 Å². The maximum absolute atomic E-state index is 13.4. The van der Waals surface area contributed by atoms with Gasteiger partial charge in [-0.25, -0.2) is 0 Å². The molecule has 3 aromatic rings. The Balaban J connectivity index is 1.52. The molecule has 1 saturated carbocycles. The van der Waals surface area contributed by atoms with Crippen molar-refractivity contribution < 1.29 is 30.1 Å². The molecule has 2 fully saturated rings. The van der Waals surface area contributed by atoms with E-state index in [4.69, 9.17) is 9.47 Å². The molecule has 0 spiro atoms. The summed E-state index contributed by atoms with van der Waals surface area (Å²) in [6.07, 6.45) is 3.41. The number of ether oxygens (including phenoxy) is 2. The van der Waals surface area contributed by atoms with E-state index in [9.17, 15) is 4.79 Å². The predicted molar refractivity (Wildman–Crippen MR) is 161 cm³/mol. The standard InChI is InChI=1S/C36H43NO3.Cr/c1-5-39-35(38)34-32(26-15-9-6-10-16-26)29(33(37-34)27-17-11-7-12-18-27)24-40-31-23-25(2)21-22-30(31)36(3,4)28-19-13-8-14-20-28;/h6-20,25,29-34,37H,5,21-23H2,1-4H3;/t25-,29-,30-,31-,32-,33+,34+;/m1./s1. The quantitative estimate of drug-likeness (QED) is 0.270. The summed E-state index contributed by atoms with van der Waals surface area (Å²) in [5, 5.41) is 3.69. The van der Waals surface area contributed by atoms with Gasteiger partial charge in [0.25, 0.3) is 0 Å². The first-order valence-electron chi connectivity index (χ1n) is 15.1. The first-order chi connectivity index (χ1) is 19.8. The van der Waals surface area contributed by atoms with Gasteiger partial charge in [0.15, 0.2) is 0 Å². The minimum absolute atomic E-state index is 0.0363. The van der Waals surface area contributed by atoms with Crippen LogP contribution in [0, 0.1) is 17.8 Å². The molecule has 0 bridgehead atoms. The zero-order valence-electron chi connectivity index (χ0n) is 24.7. The van der Waals surface area contributed by atoms with Gasteiger partial charge < -0.3 is 0 Å². The normalized spacial score (nSPS) is 28.2. The molecule has 5 heteroatoms. The molecule has 0 unspecified atom stereocenters. The van der Waals surface area contributed by atoms with E-state index in [1.165, 1.54) is 12.0 Å². The fourth-order valence-corrected chi connectivity index (χ4v) is 7.81. The Bertz CT molecular complexity index is 1300. The van der Waals surface area contributed by atoms with Crippen molar-refractivity contribution >= 4 is 10.5 Å². The van der Waals surface area contributed by atoms with Gasteiger partial charge in [0.2, 0.25) is 0 Å². The van der Waals surface area contributed by atoms with Crippen molar-refractivity contribution in [2.75, 3.05) is 6.61 Å². The Kier molecular flexibility index (Phi) is 9.62. The zero-order chi connectivity index (χ0) is 29.0. The molecule has 1 aliphatic carbocycles. The fraction of sp³-hybridized carbons (Fsp3) is 0.444. The molecular weight excluding hydrogens is 546 g/mol. The van der Waals surface area contributed by atoms with Gasteiger partial charge in [-0.05, 0) is 0 Å². The Morgan fingerprint density at radius 1 is 0.902 bits per heavy atom. The zero-order valence-corrected chi connectivity index (χ0v) is 25.9. The van der Waals surface area contributed by atoms with Crippen LogP contribution in [-0.2, 0) is 35.5 Å². The fourth-order valence-electron chi connectivity index (χ4n) is 7.18. The number of rotatable bonds is 9. The maximum atomic E-state index is 13.4. The van der Waals surface area contributed by atoms with Crippen molar-refractivity contribution in [1.82, 2.24) is 5.32 Å². The van der Waals surface area contributed by atoms with E-state index in [1.54, 1.807) is 0 Å². The Morgan fingerprint density at radius 2 is 1.49 bits per heavy atom. The van der Waals surface area contributed by atoms with Gasteiger partial charge in [0.05, 0.1) is 0 Å². The summed E-state index contributed by atoms with van der Waals surface area (Å²) in [6.45, 7) is 9.29. The van der Waals surface area contributed by atoms with Crippen LogP contribution in [0.25, 0.3) is 0 Å². The number of nitrogens with one attached hydrogen (secondary N) is 1.